The van der Waals surface area contributed by atoms with Crippen molar-refractivity contribution >= 4 is 53.6 Å². The molecule has 0 N–H and O–H groups in total. The molecular formula is C39H36IrN2OSi2-2. The average molecular weight is 797 g/mol. The van der Waals surface area contributed by atoms with Gasteiger partial charge in [0, 0.05) is 37.9 Å². The second-order valence-electron chi connectivity index (χ2n) is 12.6. The molecule has 0 fully saturated rings. The van der Waals surface area contributed by atoms with Crippen LogP contribution in [0, 0.1) is 12.1 Å². The van der Waals surface area contributed by atoms with Gasteiger partial charge >= 0.3 is 0 Å². The summed E-state index contributed by atoms with van der Waals surface area (Å²) < 4.78 is 5.91. The normalized spacial score (nSPS) is 11.5. The van der Waals surface area contributed by atoms with Crippen LogP contribution in [-0.2, 0) is 20.1 Å². The summed E-state index contributed by atoms with van der Waals surface area (Å²) in [5, 5.41) is 6.38. The van der Waals surface area contributed by atoms with Crippen LogP contribution in [0.4, 0.5) is 0 Å². The van der Waals surface area contributed by atoms with Crippen LogP contribution in [0.25, 0.3) is 44.5 Å². The van der Waals surface area contributed by atoms with Gasteiger partial charge in [0.25, 0.3) is 0 Å². The van der Waals surface area contributed by atoms with Crippen LogP contribution in [0.5, 0.6) is 0 Å². The van der Waals surface area contributed by atoms with Gasteiger partial charge in [0.05, 0.1) is 13.7 Å². The second kappa shape index (κ2) is 13.6. The Balaban J connectivity index is 0.000000202. The van der Waals surface area contributed by atoms with E-state index in [2.05, 4.69) is 117 Å². The van der Waals surface area contributed by atoms with Crippen molar-refractivity contribution in [1.82, 2.24) is 9.97 Å². The molecule has 0 atom stereocenters. The van der Waals surface area contributed by atoms with E-state index >= 15 is 0 Å². The van der Waals surface area contributed by atoms with E-state index in [0.717, 1.165) is 44.5 Å². The molecule has 3 nitrogen and oxygen atoms in total. The van der Waals surface area contributed by atoms with E-state index in [9.17, 15) is 0 Å². The molecule has 6 heteroatoms. The maximum atomic E-state index is 5.91. The molecule has 7 rings (SSSR count). The van der Waals surface area contributed by atoms with Crippen LogP contribution >= 0.6 is 0 Å². The Bertz CT molecular complexity index is 2000. The van der Waals surface area contributed by atoms with Crippen molar-refractivity contribution in [2.45, 2.75) is 32.7 Å². The van der Waals surface area contributed by atoms with Gasteiger partial charge in [-0.3, -0.25) is 0 Å². The zero-order valence-electron chi connectivity index (χ0n) is 26.3. The topological polar surface area (TPSA) is 38.9 Å². The summed E-state index contributed by atoms with van der Waals surface area (Å²) in [7, 11) is -2.97. The number of rotatable bonds is 5. The molecule has 0 unspecified atom stereocenters. The standard InChI is InChI=1S/C25H20NOSi.C14H16NSi.Ir/c1-28(2,19-8-4-3-5-9-19)20-13-14-23(26-17-20)18-12-15-25-22(16-18)21-10-6-7-11-24(21)27-25;1-16(2,3)13-9-10-14(15-11-13)12-7-5-4-6-8-12;/h3-11,13-17H,1-2H3;4-7,9-11H,1-3H3;/q2*-1;. The summed E-state index contributed by atoms with van der Waals surface area (Å²) >= 11 is 0. The minimum absolute atomic E-state index is 0. The minimum atomic E-state index is -1.74. The molecule has 227 valence electrons. The van der Waals surface area contributed by atoms with Crippen molar-refractivity contribution in [3.63, 3.8) is 0 Å². The molecule has 45 heavy (non-hydrogen) atoms. The van der Waals surface area contributed by atoms with Gasteiger partial charge in [0.1, 0.15) is 13.7 Å². The third-order valence-corrected chi connectivity index (χ3v) is 13.7. The zero-order valence-corrected chi connectivity index (χ0v) is 30.7. The molecule has 0 amide bonds. The Labute approximate surface area is 281 Å². The quantitative estimate of drug-likeness (QED) is 0.130. The molecule has 0 saturated carbocycles. The molecule has 4 aromatic carbocycles. The number of hydrogen-bond donors (Lipinski definition) is 0. The van der Waals surface area contributed by atoms with Crippen molar-refractivity contribution in [3.05, 3.63) is 140 Å². The number of hydrogen-bond acceptors (Lipinski definition) is 3. The second-order valence-corrected chi connectivity index (χ2v) is 22.1. The molecular weight excluding hydrogens is 761 g/mol. The van der Waals surface area contributed by atoms with E-state index in [1.54, 1.807) is 0 Å². The number of benzene rings is 4. The maximum absolute atomic E-state index is 5.91. The molecule has 3 heterocycles. The van der Waals surface area contributed by atoms with Gasteiger partial charge < -0.3 is 14.4 Å². The molecule has 1 radical (unpaired) electrons. The monoisotopic (exact) mass is 797 g/mol. The van der Waals surface area contributed by atoms with Crippen LogP contribution in [-0.4, -0.2) is 26.1 Å². The number of fused-ring (bicyclic) bond motifs is 3. The Kier molecular flexibility index (Phi) is 9.80. The van der Waals surface area contributed by atoms with Crippen LogP contribution < -0.4 is 15.6 Å². The molecule has 0 aliphatic heterocycles. The van der Waals surface area contributed by atoms with Crippen molar-refractivity contribution in [3.8, 4) is 22.5 Å². The fraction of sp³-hybridized carbons (Fsp3) is 0.128. The van der Waals surface area contributed by atoms with Gasteiger partial charge in [-0.2, -0.15) is 0 Å². The van der Waals surface area contributed by atoms with E-state index in [0.29, 0.717) is 0 Å². The summed E-state index contributed by atoms with van der Waals surface area (Å²) in [4.78, 5) is 9.30. The third kappa shape index (κ3) is 7.16. The number of aromatic nitrogens is 2. The van der Waals surface area contributed by atoms with Gasteiger partial charge in [-0.25, -0.2) is 0 Å². The van der Waals surface area contributed by atoms with E-state index in [4.69, 9.17) is 9.40 Å². The zero-order chi connectivity index (χ0) is 30.7. The van der Waals surface area contributed by atoms with Crippen LogP contribution in [0.1, 0.15) is 0 Å². The predicted molar refractivity (Wildman–Crippen MR) is 190 cm³/mol. The Morgan fingerprint density at radius 3 is 1.84 bits per heavy atom. The van der Waals surface area contributed by atoms with Crippen LogP contribution in [0.15, 0.2) is 132 Å². The molecule has 0 spiro atoms. The molecule has 0 bridgehead atoms. The van der Waals surface area contributed by atoms with E-state index in [-0.39, 0.29) is 20.1 Å². The Morgan fingerprint density at radius 1 is 0.556 bits per heavy atom. The molecule has 0 aliphatic carbocycles. The molecule has 0 saturated heterocycles. The van der Waals surface area contributed by atoms with Gasteiger partial charge in [-0.15, -0.1) is 59.7 Å². The average Bonchev–Trinajstić information content (AvgIpc) is 3.44. The van der Waals surface area contributed by atoms with Gasteiger partial charge in [-0.1, -0.05) is 116 Å². The maximum Gasteiger partial charge on any atom is 0.120 e. The Hall–Kier alpha value is -3.94. The van der Waals surface area contributed by atoms with E-state index < -0.39 is 16.1 Å². The molecule has 0 aliphatic rings. The van der Waals surface area contributed by atoms with Gasteiger partial charge in [0.2, 0.25) is 0 Å². The largest absolute Gasteiger partial charge is 0.500 e. The number of nitrogens with zero attached hydrogens (tertiary/aromatic N) is 2. The van der Waals surface area contributed by atoms with Crippen molar-refractivity contribution in [2.75, 3.05) is 0 Å². The van der Waals surface area contributed by atoms with Crippen molar-refractivity contribution in [2.24, 2.45) is 0 Å². The fourth-order valence-corrected chi connectivity index (χ4v) is 8.59. The predicted octanol–water partition coefficient (Wildman–Crippen LogP) is 8.36. The summed E-state index contributed by atoms with van der Waals surface area (Å²) in [6.45, 7) is 11.7. The number of pyridine rings is 2. The van der Waals surface area contributed by atoms with Crippen LogP contribution in [0.2, 0.25) is 32.7 Å². The van der Waals surface area contributed by atoms with Gasteiger partial charge in [0.15, 0.2) is 0 Å². The first-order valence-corrected chi connectivity index (χ1v) is 21.5. The summed E-state index contributed by atoms with van der Waals surface area (Å²) in [6.07, 6.45) is 4.06. The van der Waals surface area contributed by atoms with Crippen molar-refractivity contribution in [1.29, 1.82) is 0 Å². The first-order chi connectivity index (χ1) is 21.2. The van der Waals surface area contributed by atoms with Gasteiger partial charge in [-0.05, 0) is 27.8 Å². The SMILES string of the molecule is C[Si](C)(C)c1ccc(-c2[c-]cccc2)nc1.C[Si](C)(c1ccccc1)c1ccc(-c2[c-]cc3oc4ccccc4c3c2)nc1.[Ir]. The smallest absolute Gasteiger partial charge is 0.120 e. The minimum Gasteiger partial charge on any atom is -0.500 e. The van der Waals surface area contributed by atoms with Crippen molar-refractivity contribution < 1.29 is 24.5 Å². The van der Waals surface area contributed by atoms with E-state index in [1.807, 2.05) is 60.9 Å². The summed E-state index contributed by atoms with van der Waals surface area (Å²) in [5.41, 5.74) is 5.76. The molecule has 3 aromatic heterocycles. The van der Waals surface area contributed by atoms with E-state index in [1.165, 1.54) is 15.6 Å². The fourth-order valence-electron chi connectivity index (χ4n) is 5.31. The first-order valence-electron chi connectivity index (χ1n) is 15.0. The summed E-state index contributed by atoms with van der Waals surface area (Å²) in [5.74, 6) is 0. The Morgan fingerprint density at radius 2 is 1.20 bits per heavy atom. The number of furan rings is 1. The summed E-state index contributed by atoms with van der Waals surface area (Å²) in [6, 6.07) is 46.0. The third-order valence-electron chi connectivity index (χ3n) is 8.18. The van der Waals surface area contributed by atoms with Crippen LogP contribution in [0.3, 0.4) is 0 Å². The first kappa shape index (κ1) is 32.5. The number of para-hydroxylation sites is 1. The molecule has 7 aromatic rings.